The van der Waals surface area contributed by atoms with Crippen molar-refractivity contribution in [1.29, 1.82) is 0 Å². The van der Waals surface area contributed by atoms with Crippen LogP contribution in [-0.2, 0) is 11.3 Å². The smallest absolute Gasteiger partial charge is 0.338 e. The van der Waals surface area contributed by atoms with Gasteiger partial charge in [-0.1, -0.05) is 65.1 Å². The molecule has 0 aliphatic rings. The van der Waals surface area contributed by atoms with Crippen molar-refractivity contribution in [2.24, 2.45) is 0 Å². The van der Waals surface area contributed by atoms with E-state index in [0.29, 0.717) is 16.1 Å². The van der Waals surface area contributed by atoms with Crippen LogP contribution in [-0.4, -0.2) is 5.97 Å². The van der Waals surface area contributed by atoms with Crippen molar-refractivity contribution < 1.29 is 9.53 Å². The van der Waals surface area contributed by atoms with Crippen molar-refractivity contribution in [3.8, 4) is 0 Å². The van der Waals surface area contributed by atoms with E-state index in [9.17, 15) is 4.79 Å². The van der Waals surface area contributed by atoms with Gasteiger partial charge in [0.15, 0.2) is 0 Å². The first kappa shape index (κ1) is 14.1. The van der Waals surface area contributed by atoms with E-state index in [1.54, 1.807) is 0 Å². The fourth-order valence-corrected chi connectivity index (χ4v) is 2.11. The summed E-state index contributed by atoms with van der Waals surface area (Å²) in [5.74, 6) is -0.281. The van der Waals surface area contributed by atoms with Gasteiger partial charge in [-0.25, -0.2) is 4.79 Å². The number of halogens is 1. The molecule has 2 rings (SSSR count). The molecule has 0 aliphatic heterocycles. The molecule has 19 heavy (non-hydrogen) atoms. The fraction of sp³-hybridized carbons (Fsp3) is 0.188. The third-order valence-electron chi connectivity index (χ3n) is 2.82. The number of hydrogen-bond donors (Lipinski definition) is 0. The number of ether oxygens (including phenoxy) is 1. The topological polar surface area (TPSA) is 26.3 Å². The van der Waals surface area contributed by atoms with E-state index in [1.165, 1.54) is 5.56 Å². The summed E-state index contributed by atoms with van der Waals surface area (Å²) in [6, 6.07) is 17.2. The monoisotopic (exact) mass is 366 g/mol. The standard InChI is InChI=1S/C16H15IO2/c1-12(17)14-7-9-15(10-8-14)16(18)19-11-13-5-3-2-4-6-13/h2-10,12H,11H2,1H3/t12-/m0/s1. The summed E-state index contributed by atoms with van der Waals surface area (Å²) < 4.78 is 5.71. The molecule has 0 amide bonds. The molecule has 0 N–H and O–H groups in total. The van der Waals surface area contributed by atoms with Gasteiger partial charge in [-0.2, -0.15) is 0 Å². The summed E-state index contributed by atoms with van der Waals surface area (Å²) in [6.07, 6.45) is 0. The molecule has 0 saturated carbocycles. The van der Waals surface area contributed by atoms with E-state index in [4.69, 9.17) is 4.74 Å². The predicted molar refractivity (Wildman–Crippen MR) is 84.4 cm³/mol. The van der Waals surface area contributed by atoms with Gasteiger partial charge in [0.05, 0.1) is 5.56 Å². The SMILES string of the molecule is C[C@H](I)c1ccc(C(=O)OCc2ccccc2)cc1. The van der Waals surface area contributed by atoms with E-state index < -0.39 is 0 Å². The highest BCUT2D eigenvalue weighted by molar-refractivity contribution is 14.1. The molecule has 0 spiro atoms. The quantitative estimate of drug-likeness (QED) is 0.451. The molecule has 0 fully saturated rings. The van der Waals surface area contributed by atoms with Crippen LogP contribution in [0.3, 0.4) is 0 Å². The van der Waals surface area contributed by atoms with Gasteiger partial charge in [0.1, 0.15) is 6.61 Å². The second-order valence-corrected chi connectivity index (χ2v) is 6.17. The molecule has 0 aromatic heterocycles. The normalized spacial score (nSPS) is 11.9. The van der Waals surface area contributed by atoms with Crippen molar-refractivity contribution in [3.05, 3.63) is 71.3 Å². The summed E-state index contributed by atoms with van der Waals surface area (Å²) in [5, 5.41) is 0. The van der Waals surface area contributed by atoms with Gasteiger partial charge in [0.25, 0.3) is 0 Å². The second-order valence-electron chi connectivity index (χ2n) is 4.30. The number of carbonyl (C=O) groups is 1. The Morgan fingerprint density at radius 2 is 1.74 bits per heavy atom. The minimum absolute atomic E-state index is 0.281. The molecule has 2 aromatic carbocycles. The zero-order chi connectivity index (χ0) is 13.7. The van der Waals surface area contributed by atoms with E-state index in [0.717, 1.165) is 5.56 Å². The summed E-state index contributed by atoms with van der Waals surface area (Å²) in [7, 11) is 0. The zero-order valence-electron chi connectivity index (χ0n) is 10.7. The molecule has 1 atom stereocenters. The summed E-state index contributed by atoms with van der Waals surface area (Å²) in [5.41, 5.74) is 2.80. The van der Waals surface area contributed by atoms with Gasteiger partial charge < -0.3 is 4.74 Å². The van der Waals surface area contributed by atoms with Crippen molar-refractivity contribution in [2.45, 2.75) is 17.5 Å². The van der Waals surface area contributed by atoms with Crippen LogP contribution in [0.1, 0.15) is 32.3 Å². The van der Waals surface area contributed by atoms with Crippen LogP contribution in [0.15, 0.2) is 54.6 Å². The first-order valence-electron chi connectivity index (χ1n) is 6.12. The summed E-state index contributed by atoms with van der Waals surface area (Å²) >= 11 is 2.35. The van der Waals surface area contributed by atoms with Crippen LogP contribution in [0.25, 0.3) is 0 Å². The van der Waals surface area contributed by atoms with Crippen LogP contribution in [0.4, 0.5) is 0 Å². The lowest BCUT2D eigenvalue weighted by Crippen LogP contribution is -2.05. The van der Waals surface area contributed by atoms with Gasteiger partial charge in [-0.3, -0.25) is 0 Å². The molecular weight excluding hydrogens is 351 g/mol. The highest BCUT2D eigenvalue weighted by Crippen LogP contribution is 2.22. The van der Waals surface area contributed by atoms with Gasteiger partial charge >= 0.3 is 5.97 Å². The predicted octanol–water partition coefficient (Wildman–Crippen LogP) is 4.54. The zero-order valence-corrected chi connectivity index (χ0v) is 12.8. The Balaban J connectivity index is 1.96. The lowest BCUT2D eigenvalue weighted by molar-refractivity contribution is 0.0472. The Hall–Kier alpha value is -1.36. The van der Waals surface area contributed by atoms with Crippen LogP contribution in [0.2, 0.25) is 0 Å². The second kappa shape index (κ2) is 6.70. The maximum Gasteiger partial charge on any atom is 0.338 e. The third kappa shape index (κ3) is 4.06. The molecule has 2 aromatic rings. The first-order chi connectivity index (χ1) is 9.16. The largest absolute Gasteiger partial charge is 0.457 e. The highest BCUT2D eigenvalue weighted by atomic mass is 127. The molecule has 0 radical (unpaired) electrons. The van der Waals surface area contributed by atoms with Crippen LogP contribution >= 0.6 is 22.6 Å². The van der Waals surface area contributed by atoms with E-state index in [1.807, 2.05) is 54.6 Å². The molecule has 0 bridgehead atoms. The van der Waals surface area contributed by atoms with Crippen molar-refractivity contribution in [2.75, 3.05) is 0 Å². The molecule has 0 saturated heterocycles. The average molecular weight is 366 g/mol. The Kier molecular flexibility index (Phi) is 4.96. The highest BCUT2D eigenvalue weighted by Gasteiger charge is 2.08. The molecule has 0 unspecified atom stereocenters. The number of carbonyl (C=O) groups excluding carboxylic acids is 1. The van der Waals surface area contributed by atoms with Crippen LogP contribution in [0.5, 0.6) is 0 Å². The number of hydrogen-bond acceptors (Lipinski definition) is 2. The Labute approximate surface area is 126 Å². The van der Waals surface area contributed by atoms with Gasteiger partial charge in [-0.05, 0) is 30.2 Å². The number of esters is 1. The van der Waals surface area contributed by atoms with Crippen LogP contribution < -0.4 is 0 Å². The van der Waals surface area contributed by atoms with E-state index in [-0.39, 0.29) is 5.97 Å². The Morgan fingerprint density at radius 1 is 1.11 bits per heavy atom. The average Bonchev–Trinajstić information content (AvgIpc) is 2.46. The van der Waals surface area contributed by atoms with Gasteiger partial charge in [0, 0.05) is 3.92 Å². The minimum atomic E-state index is -0.281. The van der Waals surface area contributed by atoms with Gasteiger partial charge in [-0.15, -0.1) is 0 Å². The maximum absolute atomic E-state index is 11.9. The van der Waals surface area contributed by atoms with Crippen molar-refractivity contribution >= 4 is 28.6 Å². The van der Waals surface area contributed by atoms with Crippen LogP contribution in [0, 0.1) is 0 Å². The van der Waals surface area contributed by atoms with Crippen molar-refractivity contribution in [1.82, 2.24) is 0 Å². The molecule has 3 heteroatoms. The van der Waals surface area contributed by atoms with E-state index in [2.05, 4.69) is 29.5 Å². The molecule has 98 valence electrons. The molecule has 0 heterocycles. The lowest BCUT2D eigenvalue weighted by Gasteiger charge is -2.07. The number of benzene rings is 2. The minimum Gasteiger partial charge on any atom is -0.457 e. The maximum atomic E-state index is 11.9. The molecule has 0 aliphatic carbocycles. The first-order valence-corrected chi connectivity index (χ1v) is 7.36. The third-order valence-corrected chi connectivity index (χ3v) is 3.54. The fourth-order valence-electron chi connectivity index (χ4n) is 1.69. The molecular formula is C16H15IO2. The van der Waals surface area contributed by atoms with Crippen molar-refractivity contribution in [3.63, 3.8) is 0 Å². The Bertz CT molecular complexity index is 532. The molecule has 2 nitrogen and oxygen atoms in total. The van der Waals surface area contributed by atoms with E-state index >= 15 is 0 Å². The lowest BCUT2D eigenvalue weighted by atomic mass is 10.1. The van der Waals surface area contributed by atoms with Gasteiger partial charge in [0.2, 0.25) is 0 Å². The Morgan fingerprint density at radius 3 is 2.32 bits per heavy atom. The summed E-state index contributed by atoms with van der Waals surface area (Å²) in [4.78, 5) is 11.9. The number of rotatable bonds is 4. The number of alkyl halides is 1. The summed E-state index contributed by atoms with van der Waals surface area (Å²) in [6.45, 7) is 2.42.